The summed E-state index contributed by atoms with van der Waals surface area (Å²) >= 11 is 0. The molecular weight excluding hydrogens is 190 g/mol. The van der Waals surface area contributed by atoms with Crippen LogP contribution in [0.3, 0.4) is 0 Å². The Labute approximate surface area is 89.4 Å². The Hall–Kier alpha value is -1.61. The Bertz CT molecular complexity index is 360. The maximum Gasteiger partial charge on any atom is 0.325 e. The number of carboxylic acid groups (broad SMARTS) is 1. The zero-order valence-corrected chi connectivity index (χ0v) is 8.73. The van der Waals surface area contributed by atoms with Crippen LogP contribution in [0.5, 0.6) is 0 Å². The zero-order chi connectivity index (χ0) is 11.3. The molecule has 0 saturated heterocycles. The van der Waals surface area contributed by atoms with Crippen LogP contribution in [-0.4, -0.2) is 17.6 Å². The van der Waals surface area contributed by atoms with E-state index in [4.69, 9.17) is 5.11 Å². The maximum absolute atomic E-state index is 11.1. The lowest BCUT2D eigenvalue weighted by molar-refractivity contribution is -0.139. The highest BCUT2D eigenvalue weighted by molar-refractivity contribution is 5.76. The lowest BCUT2D eigenvalue weighted by Gasteiger charge is -2.15. The minimum absolute atomic E-state index is 0.477. The van der Waals surface area contributed by atoms with Crippen LogP contribution < -0.4 is 5.32 Å². The van der Waals surface area contributed by atoms with E-state index in [0.29, 0.717) is 6.54 Å². The summed E-state index contributed by atoms with van der Waals surface area (Å²) in [4.78, 5) is 11.1. The molecule has 0 aromatic heterocycles. The molecular formula is C12H15NO2. The van der Waals surface area contributed by atoms with E-state index in [9.17, 15) is 4.79 Å². The van der Waals surface area contributed by atoms with Gasteiger partial charge in [-0.05, 0) is 18.1 Å². The van der Waals surface area contributed by atoms with E-state index >= 15 is 0 Å². The molecule has 15 heavy (non-hydrogen) atoms. The SMILES string of the molecule is C=CCNC(C(=O)O)c1ccccc1C. The maximum atomic E-state index is 11.1. The predicted molar refractivity (Wildman–Crippen MR) is 59.8 cm³/mol. The summed E-state index contributed by atoms with van der Waals surface area (Å²) in [5.41, 5.74) is 1.77. The molecule has 0 radical (unpaired) electrons. The Morgan fingerprint density at radius 1 is 1.60 bits per heavy atom. The normalized spacial score (nSPS) is 12.1. The monoisotopic (exact) mass is 205 g/mol. The topological polar surface area (TPSA) is 49.3 Å². The van der Waals surface area contributed by atoms with Gasteiger partial charge in [-0.1, -0.05) is 30.3 Å². The van der Waals surface area contributed by atoms with Crippen molar-refractivity contribution in [2.24, 2.45) is 0 Å². The van der Waals surface area contributed by atoms with Crippen LogP contribution in [0.25, 0.3) is 0 Å². The third kappa shape index (κ3) is 2.92. The quantitative estimate of drug-likeness (QED) is 0.722. The van der Waals surface area contributed by atoms with Gasteiger partial charge in [0.05, 0.1) is 0 Å². The molecule has 0 aliphatic heterocycles. The van der Waals surface area contributed by atoms with Crippen molar-refractivity contribution in [1.29, 1.82) is 0 Å². The fraction of sp³-hybridized carbons (Fsp3) is 0.250. The van der Waals surface area contributed by atoms with Gasteiger partial charge in [0.15, 0.2) is 0 Å². The minimum atomic E-state index is -0.869. The van der Waals surface area contributed by atoms with Crippen LogP contribution in [0.2, 0.25) is 0 Å². The first-order chi connectivity index (χ1) is 7.16. The number of hydrogen-bond acceptors (Lipinski definition) is 2. The van der Waals surface area contributed by atoms with Gasteiger partial charge in [-0.25, -0.2) is 0 Å². The van der Waals surface area contributed by atoms with Crippen LogP contribution in [0, 0.1) is 6.92 Å². The molecule has 0 aliphatic rings. The van der Waals surface area contributed by atoms with Gasteiger partial charge >= 0.3 is 5.97 Å². The number of aliphatic carboxylic acids is 1. The molecule has 1 aromatic rings. The molecule has 0 fully saturated rings. The van der Waals surface area contributed by atoms with Crippen LogP contribution in [0.15, 0.2) is 36.9 Å². The van der Waals surface area contributed by atoms with Crippen molar-refractivity contribution < 1.29 is 9.90 Å². The van der Waals surface area contributed by atoms with Crippen LogP contribution in [-0.2, 0) is 4.79 Å². The molecule has 2 N–H and O–H groups in total. The van der Waals surface area contributed by atoms with Gasteiger partial charge in [-0.15, -0.1) is 6.58 Å². The van der Waals surface area contributed by atoms with Crippen LogP contribution in [0.1, 0.15) is 17.2 Å². The van der Waals surface area contributed by atoms with E-state index in [1.807, 2.05) is 31.2 Å². The predicted octanol–water partition coefficient (Wildman–Crippen LogP) is 1.90. The van der Waals surface area contributed by atoms with E-state index in [-0.39, 0.29) is 0 Å². The van der Waals surface area contributed by atoms with Gasteiger partial charge < -0.3 is 5.11 Å². The molecule has 0 saturated carbocycles. The van der Waals surface area contributed by atoms with Gasteiger partial charge in [0, 0.05) is 6.54 Å². The molecule has 0 amide bonds. The Balaban J connectivity index is 2.93. The highest BCUT2D eigenvalue weighted by Crippen LogP contribution is 2.17. The van der Waals surface area contributed by atoms with Gasteiger partial charge in [0.1, 0.15) is 6.04 Å². The van der Waals surface area contributed by atoms with Gasteiger partial charge in [-0.3, -0.25) is 10.1 Å². The number of benzene rings is 1. The van der Waals surface area contributed by atoms with Crippen molar-refractivity contribution in [3.63, 3.8) is 0 Å². The van der Waals surface area contributed by atoms with Crippen molar-refractivity contribution >= 4 is 5.97 Å². The van der Waals surface area contributed by atoms with Gasteiger partial charge in [0.2, 0.25) is 0 Å². The lowest BCUT2D eigenvalue weighted by atomic mass is 10.0. The second-order valence-electron chi connectivity index (χ2n) is 3.32. The Morgan fingerprint density at radius 3 is 2.80 bits per heavy atom. The second-order valence-corrected chi connectivity index (χ2v) is 3.32. The van der Waals surface area contributed by atoms with Crippen LogP contribution >= 0.6 is 0 Å². The largest absolute Gasteiger partial charge is 0.480 e. The summed E-state index contributed by atoms with van der Waals surface area (Å²) in [5, 5.41) is 12.0. The molecule has 0 spiro atoms. The van der Waals surface area contributed by atoms with E-state index < -0.39 is 12.0 Å². The summed E-state index contributed by atoms with van der Waals surface area (Å²) < 4.78 is 0. The summed E-state index contributed by atoms with van der Waals surface area (Å²) in [6.45, 7) is 5.93. The first-order valence-electron chi connectivity index (χ1n) is 4.79. The smallest absolute Gasteiger partial charge is 0.325 e. The molecule has 0 bridgehead atoms. The highest BCUT2D eigenvalue weighted by Gasteiger charge is 2.19. The minimum Gasteiger partial charge on any atom is -0.480 e. The average molecular weight is 205 g/mol. The van der Waals surface area contributed by atoms with Crippen molar-refractivity contribution in [3.05, 3.63) is 48.0 Å². The number of rotatable bonds is 5. The summed E-state index contributed by atoms with van der Waals surface area (Å²) in [6, 6.07) is 6.80. The molecule has 3 heteroatoms. The summed E-state index contributed by atoms with van der Waals surface area (Å²) in [7, 11) is 0. The number of aryl methyl sites for hydroxylation is 1. The van der Waals surface area contributed by atoms with Crippen LogP contribution in [0.4, 0.5) is 0 Å². The summed E-state index contributed by atoms with van der Waals surface area (Å²) in [6.07, 6.45) is 1.65. The molecule has 3 nitrogen and oxygen atoms in total. The van der Waals surface area contributed by atoms with Crippen molar-refractivity contribution in [2.75, 3.05) is 6.54 Å². The number of nitrogens with one attached hydrogen (secondary N) is 1. The zero-order valence-electron chi connectivity index (χ0n) is 8.73. The number of carbonyl (C=O) groups is 1. The van der Waals surface area contributed by atoms with Crippen molar-refractivity contribution in [2.45, 2.75) is 13.0 Å². The molecule has 1 rings (SSSR count). The third-order valence-corrected chi connectivity index (χ3v) is 2.21. The van der Waals surface area contributed by atoms with Gasteiger partial charge in [0.25, 0.3) is 0 Å². The first-order valence-corrected chi connectivity index (χ1v) is 4.79. The lowest BCUT2D eigenvalue weighted by Crippen LogP contribution is -2.29. The highest BCUT2D eigenvalue weighted by atomic mass is 16.4. The Morgan fingerprint density at radius 2 is 2.27 bits per heavy atom. The third-order valence-electron chi connectivity index (χ3n) is 2.21. The average Bonchev–Trinajstić information content (AvgIpc) is 2.20. The molecule has 0 heterocycles. The molecule has 1 unspecified atom stereocenters. The first kappa shape index (κ1) is 11.5. The molecule has 1 atom stereocenters. The number of hydrogen-bond donors (Lipinski definition) is 2. The van der Waals surface area contributed by atoms with Crippen molar-refractivity contribution in [1.82, 2.24) is 5.32 Å². The van der Waals surface area contributed by atoms with E-state index in [0.717, 1.165) is 11.1 Å². The number of carboxylic acids is 1. The summed E-state index contributed by atoms with van der Waals surface area (Å²) in [5.74, 6) is -0.869. The molecule has 0 aliphatic carbocycles. The Kier molecular flexibility index (Phi) is 4.06. The van der Waals surface area contributed by atoms with Crippen molar-refractivity contribution in [3.8, 4) is 0 Å². The van der Waals surface area contributed by atoms with E-state index in [2.05, 4.69) is 11.9 Å². The fourth-order valence-corrected chi connectivity index (χ4v) is 1.44. The standard InChI is InChI=1S/C12H15NO2/c1-3-8-13-11(12(14)15)10-7-5-4-6-9(10)2/h3-7,11,13H,1,8H2,2H3,(H,14,15). The fourth-order valence-electron chi connectivity index (χ4n) is 1.44. The second kappa shape index (κ2) is 5.32. The van der Waals surface area contributed by atoms with E-state index in [1.165, 1.54) is 0 Å². The van der Waals surface area contributed by atoms with E-state index in [1.54, 1.807) is 6.08 Å². The van der Waals surface area contributed by atoms with Gasteiger partial charge in [-0.2, -0.15) is 0 Å². The molecule has 1 aromatic carbocycles. The molecule has 80 valence electrons.